The van der Waals surface area contributed by atoms with Crippen molar-refractivity contribution < 1.29 is 0 Å². The van der Waals surface area contributed by atoms with Crippen molar-refractivity contribution in [2.24, 2.45) is 11.3 Å². The van der Waals surface area contributed by atoms with Gasteiger partial charge in [-0.15, -0.1) is 0 Å². The molecule has 0 spiro atoms. The standard InChI is InChI=1S/C16H30N2/c1-17-16(7-3-2-4-8-16)11-12-18-13-15(9-10-15)14-5-6-14/h14,17-18H,2-13H2,1H3. The van der Waals surface area contributed by atoms with E-state index in [1.165, 1.54) is 77.3 Å². The Morgan fingerprint density at radius 2 is 1.72 bits per heavy atom. The van der Waals surface area contributed by atoms with Crippen molar-refractivity contribution in [3.63, 3.8) is 0 Å². The first-order chi connectivity index (χ1) is 8.79. The van der Waals surface area contributed by atoms with E-state index >= 15 is 0 Å². The lowest BCUT2D eigenvalue weighted by Crippen LogP contribution is -2.46. The fourth-order valence-electron chi connectivity index (χ4n) is 4.10. The third kappa shape index (κ3) is 2.75. The van der Waals surface area contributed by atoms with Crippen LogP contribution < -0.4 is 10.6 Å². The maximum Gasteiger partial charge on any atom is 0.0190 e. The van der Waals surface area contributed by atoms with Crippen LogP contribution in [0.3, 0.4) is 0 Å². The zero-order valence-corrected chi connectivity index (χ0v) is 12.1. The van der Waals surface area contributed by atoms with Crippen LogP contribution in [0, 0.1) is 11.3 Å². The second-order valence-electron chi connectivity index (χ2n) is 7.15. The molecule has 0 aromatic rings. The smallest absolute Gasteiger partial charge is 0.0190 e. The van der Waals surface area contributed by atoms with Crippen LogP contribution in [0.1, 0.15) is 64.2 Å². The largest absolute Gasteiger partial charge is 0.316 e. The van der Waals surface area contributed by atoms with E-state index in [1.807, 2.05) is 0 Å². The zero-order chi connectivity index (χ0) is 12.5. The molecule has 2 heteroatoms. The Kier molecular flexibility index (Phi) is 3.68. The summed E-state index contributed by atoms with van der Waals surface area (Å²) in [5, 5.41) is 7.40. The van der Waals surface area contributed by atoms with Gasteiger partial charge >= 0.3 is 0 Å². The molecule has 0 bridgehead atoms. The van der Waals surface area contributed by atoms with Gasteiger partial charge in [-0.2, -0.15) is 0 Å². The van der Waals surface area contributed by atoms with E-state index in [0.29, 0.717) is 5.54 Å². The first kappa shape index (κ1) is 12.9. The van der Waals surface area contributed by atoms with Gasteiger partial charge in [-0.25, -0.2) is 0 Å². The summed E-state index contributed by atoms with van der Waals surface area (Å²) in [6, 6.07) is 0. The van der Waals surface area contributed by atoms with E-state index in [0.717, 1.165) is 11.3 Å². The lowest BCUT2D eigenvalue weighted by molar-refractivity contribution is 0.225. The molecule has 0 aromatic heterocycles. The van der Waals surface area contributed by atoms with Crippen LogP contribution in [0.15, 0.2) is 0 Å². The average molecular weight is 250 g/mol. The van der Waals surface area contributed by atoms with Crippen molar-refractivity contribution in [3.05, 3.63) is 0 Å². The minimum Gasteiger partial charge on any atom is -0.316 e. The Hall–Kier alpha value is -0.0800. The van der Waals surface area contributed by atoms with E-state index in [2.05, 4.69) is 17.7 Å². The average Bonchev–Trinajstić information content (AvgIpc) is 3.29. The summed E-state index contributed by atoms with van der Waals surface area (Å²) in [5.74, 6) is 1.10. The number of nitrogens with one attached hydrogen (secondary N) is 2. The fourth-order valence-corrected chi connectivity index (χ4v) is 4.10. The third-order valence-electron chi connectivity index (χ3n) is 5.93. The quantitative estimate of drug-likeness (QED) is 0.679. The van der Waals surface area contributed by atoms with E-state index in [-0.39, 0.29) is 0 Å². The van der Waals surface area contributed by atoms with E-state index in [9.17, 15) is 0 Å². The monoisotopic (exact) mass is 250 g/mol. The molecular weight excluding hydrogens is 220 g/mol. The normalized spacial score (nSPS) is 29.2. The molecule has 0 amide bonds. The molecule has 0 aromatic carbocycles. The zero-order valence-electron chi connectivity index (χ0n) is 12.1. The van der Waals surface area contributed by atoms with Crippen LogP contribution in [0.2, 0.25) is 0 Å². The molecular formula is C16H30N2. The van der Waals surface area contributed by atoms with Crippen LogP contribution in [-0.4, -0.2) is 25.7 Å². The molecule has 0 saturated heterocycles. The third-order valence-corrected chi connectivity index (χ3v) is 5.93. The van der Waals surface area contributed by atoms with Crippen molar-refractivity contribution in [2.45, 2.75) is 69.7 Å². The number of hydrogen-bond donors (Lipinski definition) is 2. The highest BCUT2D eigenvalue weighted by atomic mass is 15.0. The molecule has 3 aliphatic carbocycles. The first-order valence-corrected chi connectivity index (χ1v) is 8.18. The Morgan fingerprint density at radius 3 is 2.28 bits per heavy atom. The van der Waals surface area contributed by atoms with Crippen LogP contribution in [0.4, 0.5) is 0 Å². The molecule has 3 saturated carbocycles. The summed E-state index contributed by atoms with van der Waals surface area (Å²) >= 11 is 0. The minimum atomic E-state index is 0.460. The molecule has 18 heavy (non-hydrogen) atoms. The maximum absolute atomic E-state index is 3.78. The highest BCUT2D eigenvalue weighted by Crippen LogP contribution is 2.60. The van der Waals surface area contributed by atoms with Crippen LogP contribution in [0.25, 0.3) is 0 Å². The second-order valence-corrected chi connectivity index (χ2v) is 7.15. The molecule has 0 radical (unpaired) electrons. The molecule has 3 fully saturated rings. The van der Waals surface area contributed by atoms with Gasteiger partial charge in [-0.3, -0.25) is 0 Å². The molecule has 104 valence electrons. The van der Waals surface area contributed by atoms with Crippen molar-refractivity contribution in [3.8, 4) is 0 Å². The van der Waals surface area contributed by atoms with Gasteiger partial charge in [0.25, 0.3) is 0 Å². The van der Waals surface area contributed by atoms with Crippen LogP contribution in [-0.2, 0) is 0 Å². The highest BCUT2D eigenvalue weighted by molar-refractivity contribution is 5.05. The van der Waals surface area contributed by atoms with Gasteiger partial charge in [-0.1, -0.05) is 19.3 Å². The van der Waals surface area contributed by atoms with Gasteiger partial charge < -0.3 is 10.6 Å². The van der Waals surface area contributed by atoms with Crippen molar-refractivity contribution in [2.75, 3.05) is 20.1 Å². The van der Waals surface area contributed by atoms with E-state index < -0.39 is 0 Å². The summed E-state index contributed by atoms with van der Waals surface area (Å²) in [6.45, 7) is 2.52. The number of rotatable bonds is 7. The van der Waals surface area contributed by atoms with Gasteiger partial charge in [0, 0.05) is 12.1 Å². The Bertz CT molecular complexity index is 273. The summed E-state index contributed by atoms with van der Waals surface area (Å²) in [5.41, 5.74) is 1.22. The van der Waals surface area contributed by atoms with Gasteiger partial charge in [-0.05, 0) is 69.9 Å². The molecule has 0 atom stereocenters. The molecule has 0 aliphatic heterocycles. The summed E-state index contributed by atoms with van der Waals surface area (Å²) in [7, 11) is 2.16. The second kappa shape index (κ2) is 5.13. The van der Waals surface area contributed by atoms with Crippen LogP contribution >= 0.6 is 0 Å². The Balaban J connectivity index is 1.38. The lowest BCUT2D eigenvalue weighted by atomic mass is 9.79. The predicted molar refractivity (Wildman–Crippen MR) is 76.8 cm³/mol. The van der Waals surface area contributed by atoms with Gasteiger partial charge in [0.15, 0.2) is 0 Å². The van der Waals surface area contributed by atoms with Crippen molar-refractivity contribution in [1.29, 1.82) is 0 Å². The minimum absolute atomic E-state index is 0.460. The molecule has 0 unspecified atom stereocenters. The Morgan fingerprint density at radius 1 is 1.00 bits per heavy atom. The van der Waals surface area contributed by atoms with Gasteiger partial charge in [0.1, 0.15) is 0 Å². The summed E-state index contributed by atoms with van der Waals surface area (Å²) < 4.78 is 0. The van der Waals surface area contributed by atoms with Gasteiger partial charge in [0.2, 0.25) is 0 Å². The van der Waals surface area contributed by atoms with Crippen LogP contribution in [0.5, 0.6) is 0 Å². The number of hydrogen-bond acceptors (Lipinski definition) is 2. The maximum atomic E-state index is 3.78. The lowest BCUT2D eigenvalue weighted by Gasteiger charge is -2.37. The molecule has 0 heterocycles. The molecule has 2 N–H and O–H groups in total. The summed E-state index contributed by atoms with van der Waals surface area (Å²) in [4.78, 5) is 0. The van der Waals surface area contributed by atoms with Gasteiger partial charge in [0.05, 0.1) is 0 Å². The predicted octanol–water partition coefficient (Wildman–Crippen LogP) is 3.08. The Labute approximate surface area is 112 Å². The molecule has 3 aliphatic rings. The topological polar surface area (TPSA) is 24.1 Å². The summed E-state index contributed by atoms with van der Waals surface area (Å²) in [6.07, 6.45) is 14.4. The fraction of sp³-hybridized carbons (Fsp3) is 1.00. The molecule has 3 rings (SSSR count). The molecule has 2 nitrogen and oxygen atoms in total. The first-order valence-electron chi connectivity index (χ1n) is 8.18. The van der Waals surface area contributed by atoms with Crippen molar-refractivity contribution in [1.82, 2.24) is 10.6 Å². The van der Waals surface area contributed by atoms with Crippen molar-refractivity contribution >= 4 is 0 Å². The SMILES string of the molecule is CNC1(CCNCC2(C3CC3)CC2)CCCCC1. The van der Waals surface area contributed by atoms with E-state index in [4.69, 9.17) is 0 Å². The highest BCUT2D eigenvalue weighted by Gasteiger charge is 2.53. The van der Waals surface area contributed by atoms with E-state index in [1.54, 1.807) is 0 Å².